The van der Waals surface area contributed by atoms with Crippen molar-refractivity contribution >= 4 is 17.1 Å². The lowest BCUT2D eigenvalue weighted by Crippen LogP contribution is -2.42. The Morgan fingerprint density at radius 1 is 1.08 bits per heavy atom. The van der Waals surface area contributed by atoms with E-state index in [4.69, 9.17) is 14.7 Å². The van der Waals surface area contributed by atoms with Gasteiger partial charge in [-0.25, -0.2) is 14.4 Å². The molecule has 0 bridgehead atoms. The molecule has 0 spiro atoms. The van der Waals surface area contributed by atoms with E-state index in [1.165, 1.54) is 39.1 Å². The molecular weight excluding hydrogens is 469 g/mol. The molecule has 0 radical (unpaired) electrons. The summed E-state index contributed by atoms with van der Waals surface area (Å²) in [4.78, 5) is 27.4. The second kappa shape index (κ2) is 11.2. The summed E-state index contributed by atoms with van der Waals surface area (Å²) in [6.07, 6.45) is 7.46. The average molecular weight is 508 g/mol. The zero-order valence-corrected chi connectivity index (χ0v) is 22.3. The van der Waals surface area contributed by atoms with Gasteiger partial charge in [0, 0.05) is 31.4 Å². The summed E-state index contributed by atoms with van der Waals surface area (Å²) >= 11 is 0. The number of imidazole rings is 1. The fourth-order valence-electron chi connectivity index (χ4n) is 5.99. The van der Waals surface area contributed by atoms with Crippen LogP contribution >= 0.6 is 0 Å². The molecule has 198 valence electrons. The van der Waals surface area contributed by atoms with Gasteiger partial charge < -0.3 is 19.1 Å². The third-order valence-electron chi connectivity index (χ3n) is 7.70. The van der Waals surface area contributed by atoms with E-state index in [9.17, 15) is 9.18 Å². The number of methoxy groups -OCH3 is 1. The van der Waals surface area contributed by atoms with Crippen molar-refractivity contribution in [1.29, 1.82) is 0 Å². The van der Waals surface area contributed by atoms with Gasteiger partial charge in [-0.15, -0.1) is 0 Å². The number of likely N-dealkylation sites (tertiary alicyclic amines) is 2. The monoisotopic (exact) mass is 507 g/mol. The highest BCUT2D eigenvalue weighted by molar-refractivity contribution is 5.96. The number of halogens is 1. The number of ether oxygens (including phenoxy) is 1. The van der Waals surface area contributed by atoms with E-state index in [2.05, 4.69) is 23.3 Å². The molecule has 7 nitrogen and oxygen atoms in total. The summed E-state index contributed by atoms with van der Waals surface area (Å²) in [5.41, 5.74) is 2.61. The summed E-state index contributed by atoms with van der Waals surface area (Å²) in [6.45, 7) is 10.1. The first-order valence-corrected chi connectivity index (χ1v) is 13.6. The van der Waals surface area contributed by atoms with Gasteiger partial charge in [0.1, 0.15) is 11.3 Å². The Morgan fingerprint density at radius 3 is 2.51 bits per heavy atom. The molecule has 0 N–H and O–H groups in total. The SMILES string of the molecule is COc1ccc(-c2nc3cc(C(=O)N4CC(C)CC(C)C4)cnc3n2CCCCN2CCCC2)cc1F. The van der Waals surface area contributed by atoms with Crippen LogP contribution in [-0.2, 0) is 6.54 Å². The molecule has 1 aromatic carbocycles. The summed E-state index contributed by atoms with van der Waals surface area (Å²) in [5, 5.41) is 0. The lowest BCUT2D eigenvalue weighted by Gasteiger charge is -2.35. The number of fused-ring (bicyclic) bond motifs is 1. The summed E-state index contributed by atoms with van der Waals surface area (Å²) in [6, 6.07) is 6.76. The van der Waals surface area contributed by atoms with Crippen LogP contribution in [0.4, 0.5) is 4.39 Å². The Bertz CT molecular complexity index is 1240. The number of amides is 1. The molecule has 3 aromatic rings. The van der Waals surface area contributed by atoms with Crippen molar-refractivity contribution in [2.75, 3.05) is 39.8 Å². The third-order valence-corrected chi connectivity index (χ3v) is 7.70. The summed E-state index contributed by atoms with van der Waals surface area (Å²) < 4.78 is 21.8. The lowest BCUT2D eigenvalue weighted by molar-refractivity contribution is 0.0623. The number of nitrogens with zero attached hydrogens (tertiary/aromatic N) is 5. The number of carbonyl (C=O) groups is 1. The number of pyridine rings is 1. The first kappa shape index (κ1) is 25.6. The number of unbranched alkanes of at least 4 members (excludes halogenated alkanes) is 1. The minimum absolute atomic E-state index is 0.00463. The predicted molar refractivity (Wildman–Crippen MR) is 143 cm³/mol. The van der Waals surface area contributed by atoms with Gasteiger partial charge in [0.2, 0.25) is 0 Å². The van der Waals surface area contributed by atoms with Crippen molar-refractivity contribution in [2.24, 2.45) is 11.8 Å². The van der Waals surface area contributed by atoms with Crippen LogP contribution in [0.25, 0.3) is 22.6 Å². The molecule has 4 heterocycles. The first-order valence-electron chi connectivity index (χ1n) is 13.6. The third kappa shape index (κ3) is 5.64. The van der Waals surface area contributed by atoms with Crippen LogP contribution in [0.1, 0.15) is 56.3 Å². The standard InChI is InChI=1S/C29H38FN5O2/c1-20-14-21(2)19-34(18-20)29(36)23-16-25-28(31-17-23)35(13-7-6-12-33-10-4-5-11-33)27(32-25)22-8-9-26(37-3)24(30)15-22/h8-9,15-17,20-21H,4-7,10-14,18-19H2,1-3H3. The molecule has 2 atom stereocenters. The summed E-state index contributed by atoms with van der Waals surface area (Å²) in [5.74, 6) is 1.42. The fraction of sp³-hybridized carbons (Fsp3) is 0.552. The second-order valence-electron chi connectivity index (χ2n) is 10.9. The summed E-state index contributed by atoms with van der Waals surface area (Å²) in [7, 11) is 1.46. The number of aromatic nitrogens is 3. The zero-order valence-electron chi connectivity index (χ0n) is 22.3. The normalized spacial score (nSPS) is 20.6. The van der Waals surface area contributed by atoms with E-state index >= 15 is 0 Å². The van der Waals surface area contributed by atoms with E-state index in [0.717, 1.165) is 51.1 Å². The number of hydrogen-bond acceptors (Lipinski definition) is 5. The smallest absolute Gasteiger partial charge is 0.255 e. The molecule has 2 aliphatic heterocycles. The van der Waals surface area contributed by atoms with E-state index < -0.39 is 5.82 Å². The van der Waals surface area contributed by atoms with E-state index in [1.807, 2.05) is 17.0 Å². The highest BCUT2D eigenvalue weighted by Crippen LogP contribution is 2.29. The molecule has 2 aliphatic rings. The Kier molecular flexibility index (Phi) is 7.74. The van der Waals surface area contributed by atoms with E-state index in [1.54, 1.807) is 12.3 Å². The van der Waals surface area contributed by atoms with E-state index in [0.29, 0.717) is 34.3 Å². The van der Waals surface area contributed by atoms with Gasteiger partial charge >= 0.3 is 0 Å². The maximum Gasteiger partial charge on any atom is 0.255 e. The second-order valence-corrected chi connectivity index (χ2v) is 10.9. The molecule has 1 amide bonds. The number of benzene rings is 1. The van der Waals surface area contributed by atoms with Crippen LogP contribution in [0, 0.1) is 17.7 Å². The largest absolute Gasteiger partial charge is 0.494 e. The molecule has 37 heavy (non-hydrogen) atoms. The Hall–Kier alpha value is -3.00. The molecular formula is C29H38FN5O2. The van der Waals surface area contributed by atoms with Gasteiger partial charge in [-0.1, -0.05) is 13.8 Å². The predicted octanol–water partition coefficient (Wildman–Crippen LogP) is 5.24. The maximum absolute atomic E-state index is 14.6. The fourth-order valence-corrected chi connectivity index (χ4v) is 5.99. The zero-order chi connectivity index (χ0) is 25.9. The van der Waals surface area contributed by atoms with Crippen molar-refractivity contribution in [1.82, 2.24) is 24.3 Å². The number of hydrogen-bond donors (Lipinski definition) is 0. The van der Waals surface area contributed by atoms with Crippen molar-refractivity contribution in [2.45, 2.75) is 52.5 Å². The van der Waals surface area contributed by atoms with Crippen molar-refractivity contribution in [3.05, 3.63) is 41.8 Å². The lowest BCUT2D eigenvalue weighted by atomic mass is 9.91. The number of rotatable bonds is 8. The van der Waals surface area contributed by atoms with Crippen LogP contribution < -0.4 is 4.74 Å². The Morgan fingerprint density at radius 2 is 1.81 bits per heavy atom. The van der Waals surface area contributed by atoms with Crippen LogP contribution in [0.5, 0.6) is 5.75 Å². The quantitative estimate of drug-likeness (QED) is 0.390. The minimum Gasteiger partial charge on any atom is -0.494 e. The molecule has 2 fully saturated rings. The van der Waals surface area contributed by atoms with Crippen LogP contribution in [0.2, 0.25) is 0 Å². The van der Waals surface area contributed by atoms with Gasteiger partial charge in [-0.2, -0.15) is 0 Å². The maximum atomic E-state index is 14.6. The Balaban J connectivity index is 1.44. The van der Waals surface area contributed by atoms with Gasteiger partial charge in [0.25, 0.3) is 5.91 Å². The number of carbonyl (C=O) groups excluding carboxylic acids is 1. The highest BCUT2D eigenvalue weighted by atomic mass is 19.1. The van der Waals surface area contributed by atoms with Gasteiger partial charge in [0.05, 0.1) is 12.7 Å². The molecule has 8 heteroatoms. The van der Waals surface area contributed by atoms with Crippen LogP contribution in [-0.4, -0.2) is 70.1 Å². The molecule has 2 aromatic heterocycles. The Labute approximate surface area is 218 Å². The molecule has 2 saturated heterocycles. The average Bonchev–Trinajstić information content (AvgIpc) is 3.53. The van der Waals surface area contributed by atoms with E-state index in [-0.39, 0.29) is 11.7 Å². The highest BCUT2D eigenvalue weighted by Gasteiger charge is 2.27. The molecule has 0 aliphatic carbocycles. The van der Waals surface area contributed by atoms with Gasteiger partial charge in [-0.05, 0) is 87.8 Å². The first-order chi connectivity index (χ1) is 17.9. The van der Waals surface area contributed by atoms with Crippen molar-refractivity contribution in [3.8, 4) is 17.1 Å². The van der Waals surface area contributed by atoms with Crippen LogP contribution in [0.15, 0.2) is 30.5 Å². The molecule has 2 unspecified atom stereocenters. The number of piperidine rings is 1. The number of aryl methyl sites for hydroxylation is 1. The van der Waals surface area contributed by atoms with Gasteiger partial charge in [-0.3, -0.25) is 4.79 Å². The van der Waals surface area contributed by atoms with Gasteiger partial charge in [0.15, 0.2) is 17.2 Å². The van der Waals surface area contributed by atoms with Crippen LogP contribution in [0.3, 0.4) is 0 Å². The van der Waals surface area contributed by atoms with Crippen molar-refractivity contribution in [3.63, 3.8) is 0 Å². The topological polar surface area (TPSA) is 63.5 Å². The molecule has 5 rings (SSSR count). The van der Waals surface area contributed by atoms with Crippen molar-refractivity contribution < 1.29 is 13.9 Å². The molecule has 0 saturated carbocycles. The minimum atomic E-state index is -0.426.